The summed E-state index contributed by atoms with van der Waals surface area (Å²) < 4.78 is 51.6. The van der Waals surface area contributed by atoms with E-state index in [4.69, 9.17) is 9.47 Å². The number of rotatable bonds is 9. The highest BCUT2D eigenvalue weighted by Crippen LogP contribution is 2.43. The lowest BCUT2D eigenvalue weighted by Gasteiger charge is -2.28. The molecule has 40 heavy (non-hydrogen) atoms. The van der Waals surface area contributed by atoms with E-state index in [1.807, 2.05) is 13.8 Å². The maximum absolute atomic E-state index is 14.5. The first-order chi connectivity index (χ1) is 19.1. The van der Waals surface area contributed by atoms with Gasteiger partial charge >= 0.3 is 6.09 Å². The Morgan fingerprint density at radius 2 is 1.82 bits per heavy atom. The standard InChI is InChI=1S/C28H33FN4O5S2/c1-16(2)38-28(34)33-18-6-4-17(5-7-18)27-31-15-24(39-27)22-11-8-19(12-25(22)40(35,36)21-9-10-21)32-26-23(29)13-20(37-3)14-30-26/h8,11-18,21H,4-7,9-10H2,1-3H3,(H,30,32)(H,33,34). The van der Waals surface area contributed by atoms with E-state index in [0.29, 0.717) is 24.1 Å². The summed E-state index contributed by atoms with van der Waals surface area (Å²) in [5.41, 5.74) is 1.02. The Balaban J connectivity index is 1.35. The second kappa shape index (κ2) is 11.7. The average molecular weight is 589 g/mol. The number of halogens is 1. The number of carbonyl (C=O) groups is 1. The number of pyridine rings is 1. The number of nitrogens with zero attached hydrogens (tertiary/aromatic N) is 2. The molecule has 2 saturated carbocycles. The summed E-state index contributed by atoms with van der Waals surface area (Å²) >= 11 is 1.50. The van der Waals surface area contributed by atoms with Crippen molar-refractivity contribution in [1.29, 1.82) is 0 Å². The molecule has 1 aromatic carbocycles. The van der Waals surface area contributed by atoms with Crippen LogP contribution in [0.15, 0.2) is 41.6 Å². The Hall–Kier alpha value is -3.25. The third-order valence-corrected chi connectivity index (χ3v) is 10.6. The number of anilines is 2. The van der Waals surface area contributed by atoms with Gasteiger partial charge in [0.15, 0.2) is 21.5 Å². The molecule has 2 heterocycles. The van der Waals surface area contributed by atoms with Crippen molar-refractivity contribution in [1.82, 2.24) is 15.3 Å². The molecule has 12 heteroatoms. The van der Waals surface area contributed by atoms with E-state index in [9.17, 15) is 17.6 Å². The van der Waals surface area contributed by atoms with Gasteiger partial charge in [0.05, 0.1) is 39.4 Å². The van der Waals surface area contributed by atoms with Crippen LogP contribution in [0.1, 0.15) is 63.3 Å². The van der Waals surface area contributed by atoms with E-state index in [-0.39, 0.29) is 40.6 Å². The average Bonchev–Trinajstić information content (AvgIpc) is 3.68. The summed E-state index contributed by atoms with van der Waals surface area (Å²) in [6.07, 6.45) is 7.23. The number of aromatic nitrogens is 2. The Labute approximate surface area is 237 Å². The molecule has 2 aliphatic carbocycles. The van der Waals surface area contributed by atoms with E-state index in [1.165, 1.54) is 30.7 Å². The number of sulfone groups is 1. The van der Waals surface area contributed by atoms with Crippen molar-refractivity contribution in [3.05, 3.63) is 47.5 Å². The third-order valence-electron chi connectivity index (χ3n) is 7.10. The molecule has 2 aromatic heterocycles. The van der Waals surface area contributed by atoms with Crippen LogP contribution in [-0.2, 0) is 14.6 Å². The number of ether oxygens (including phenoxy) is 2. The molecule has 0 unspecified atom stereocenters. The number of thiazole rings is 1. The van der Waals surface area contributed by atoms with Crippen molar-refractivity contribution in [3.63, 3.8) is 0 Å². The molecule has 9 nitrogen and oxygen atoms in total. The quantitative estimate of drug-likeness (QED) is 0.304. The van der Waals surface area contributed by atoms with Gasteiger partial charge in [0, 0.05) is 35.5 Å². The number of methoxy groups -OCH3 is 1. The first-order valence-corrected chi connectivity index (χ1v) is 15.8. The normalized spacial score (nSPS) is 19.3. The lowest BCUT2D eigenvalue weighted by Crippen LogP contribution is -2.38. The van der Waals surface area contributed by atoms with Crippen LogP contribution in [0.3, 0.4) is 0 Å². The SMILES string of the molecule is COc1cnc(Nc2ccc(-c3cnc(C4CCC(NC(=O)OC(C)C)CC4)s3)c(S(=O)(=O)C3CC3)c2)c(F)c1. The third kappa shape index (κ3) is 6.38. The minimum absolute atomic E-state index is 0.0223. The predicted molar refractivity (Wildman–Crippen MR) is 152 cm³/mol. The zero-order valence-corrected chi connectivity index (χ0v) is 24.3. The molecule has 2 N–H and O–H groups in total. The number of hydrogen-bond donors (Lipinski definition) is 2. The molecule has 1 amide bonds. The molecular formula is C28H33FN4O5S2. The predicted octanol–water partition coefficient (Wildman–Crippen LogP) is 6.19. The topological polar surface area (TPSA) is 120 Å². The Kier molecular flexibility index (Phi) is 8.27. The van der Waals surface area contributed by atoms with Gasteiger partial charge in [0.2, 0.25) is 0 Å². The summed E-state index contributed by atoms with van der Waals surface area (Å²) in [5.74, 6) is -0.101. The fraction of sp³-hybridized carbons (Fsp3) is 0.464. The molecule has 0 bridgehead atoms. The van der Waals surface area contributed by atoms with Crippen LogP contribution >= 0.6 is 11.3 Å². The van der Waals surface area contributed by atoms with E-state index in [1.54, 1.807) is 24.4 Å². The second-order valence-electron chi connectivity index (χ2n) is 10.5. The van der Waals surface area contributed by atoms with E-state index in [2.05, 4.69) is 20.6 Å². The summed E-state index contributed by atoms with van der Waals surface area (Å²) in [4.78, 5) is 21.6. The van der Waals surface area contributed by atoms with Gasteiger partial charge in [0.1, 0.15) is 5.75 Å². The van der Waals surface area contributed by atoms with E-state index < -0.39 is 20.9 Å². The van der Waals surface area contributed by atoms with Gasteiger partial charge in [-0.15, -0.1) is 11.3 Å². The summed E-state index contributed by atoms with van der Waals surface area (Å²) in [7, 11) is -2.14. The number of carbonyl (C=O) groups excluding carboxylic acids is 1. The molecular weight excluding hydrogens is 555 g/mol. The molecule has 0 atom stereocenters. The fourth-order valence-electron chi connectivity index (χ4n) is 4.86. The van der Waals surface area contributed by atoms with Crippen molar-refractivity contribution in [3.8, 4) is 16.2 Å². The zero-order chi connectivity index (χ0) is 28.4. The van der Waals surface area contributed by atoms with Crippen LogP contribution in [-0.4, -0.2) is 49.0 Å². The molecule has 0 radical (unpaired) electrons. The Morgan fingerprint density at radius 1 is 1.07 bits per heavy atom. The van der Waals surface area contributed by atoms with Gasteiger partial charge in [0.25, 0.3) is 0 Å². The summed E-state index contributed by atoms with van der Waals surface area (Å²) in [5, 5.41) is 6.39. The second-order valence-corrected chi connectivity index (χ2v) is 13.8. The minimum atomic E-state index is -3.57. The van der Waals surface area contributed by atoms with Crippen LogP contribution in [0.2, 0.25) is 0 Å². The van der Waals surface area contributed by atoms with Crippen molar-refractivity contribution in [2.45, 2.75) is 80.6 Å². The highest BCUT2D eigenvalue weighted by Gasteiger charge is 2.39. The van der Waals surface area contributed by atoms with Crippen LogP contribution in [0.25, 0.3) is 10.4 Å². The van der Waals surface area contributed by atoms with Crippen LogP contribution in [0.5, 0.6) is 5.75 Å². The maximum Gasteiger partial charge on any atom is 0.407 e. The Morgan fingerprint density at radius 3 is 2.48 bits per heavy atom. The first-order valence-electron chi connectivity index (χ1n) is 13.4. The van der Waals surface area contributed by atoms with Crippen molar-refractivity contribution in [2.24, 2.45) is 0 Å². The summed E-state index contributed by atoms with van der Waals surface area (Å²) in [6, 6.07) is 6.31. The fourth-order valence-corrected chi connectivity index (χ4v) is 7.94. The zero-order valence-electron chi connectivity index (χ0n) is 22.6. The molecule has 2 aliphatic rings. The molecule has 0 aliphatic heterocycles. The van der Waals surface area contributed by atoms with Gasteiger partial charge < -0.3 is 20.1 Å². The Bertz CT molecular complexity index is 1480. The van der Waals surface area contributed by atoms with Gasteiger partial charge in [-0.1, -0.05) is 6.07 Å². The van der Waals surface area contributed by atoms with Crippen LogP contribution < -0.4 is 15.4 Å². The van der Waals surface area contributed by atoms with E-state index >= 15 is 0 Å². The van der Waals surface area contributed by atoms with Gasteiger partial charge in [-0.25, -0.2) is 27.6 Å². The monoisotopic (exact) mass is 588 g/mol. The number of nitrogens with one attached hydrogen (secondary N) is 2. The van der Waals surface area contributed by atoms with Crippen molar-refractivity contribution in [2.75, 3.05) is 12.4 Å². The van der Waals surface area contributed by atoms with Gasteiger partial charge in [-0.2, -0.15) is 0 Å². The maximum atomic E-state index is 14.5. The highest BCUT2D eigenvalue weighted by molar-refractivity contribution is 7.92. The molecule has 0 saturated heterocycles. The van der Waals surface area contributed by atoms with Gasteiger partial charge in [-0.05, 0) is 64.5 Å². The molecule has 5 rings (SSSR count). The van der Waals surface area contributed by atoms with Crippen molar-refractivity contribution < 1.29 is 27.1 Å². The lowest BCUT2D eigenvalue weighted by molar-refractivity contribution is 0.109. The highest BCUT2D eigenvalue weighted by atomic mass is 32.2. The van der Waals surface area contributed by atoms with E-state index in [0.717, 1.165) is 35.6 Å². The first kappa shape index (κ1) is 28.3. The molecule has 3 aromatic rings. The molecule has 2 fully saturated rings. The number of hydrogen-bond acceptors (Lipinski definition) is 9. The van der Waals surface area contributed by atoms with Crippen molar-refractivity contribution >= 4 is 38.8 Å². The minimum Gasteiger partial charge on any atom is -0.495 e. The summed E-state index contributed by atoms with van der Waals surface area (Å²) in [6.45, 7) is 3.64. The number of amides is 1. The van der Waals surface area contributed by atoms with Crippen LogP contribution in [0, 0.1) is 5.82 Å². The largest absolute Gasteiger partial charge is 0.495 e. The van der Waals surface area contributed by atoms with Gasteiger partial charge in [-0.3, -0.25) is 0 Å². The number of alkyl carbamates (subject to hydrolysis) is 1. The lowest BCUT2D eigenvalue weighted by atomic mass is 9.86. The molecule has 0 spiro atoms. The smallest absolute Gasteiger partial charge is 0.407 e. The molecule has 214 valence electrons. The number of benzene rings is 1. The van der Waals surface area contributed by atoms with Crippen LogP contribution in [0.4, 0.5) is 20.7 Å².